The smallest absolute Gasteiger partial charge is 0.191 e. The van der Waals surface area contributed by atoms with Gasteiger partial charge in [0.15, 0.2) is 5.96 Å². The monoisotopic (exact) mass is 492 g/mol. The first-order chi connectivity index (χ1) is 12.7. The van der Waals surface area contributed by atoms with Gasteiger partial charge in [0.25, 0.3) is 0 Å². The Morgan fingerprint density at radius 2 is 1.85 bits per heavy atom. The number of nitrogens with zero attached hydrogens (tertiary/aromatic N) is 2. The van der Waals surface area contributed by atoms with Crippen LogP contribution in [0, 0.1) is 11.6 Å². The summed E-state index contributed by atoms with van der Waals surface area (Å²) in [5.74, 6) is -0.276. The molecule has 0 atom stereocenters. The number of aliphatic imine (C=N–C) groups is 1. The minimum Gasteiger partial charge on any atom is -0.356 e. The molecule has 2 fully saturated rings. The van der Waals surface area contributed by atoms with Crippen LogP contribution in [0.4, 0.5) is 8.78 Å². The molecule has 1 aliphatic carbocycles. The number of benzene rings is 1. The number of piperidine rings is 1. The SMILES string of the molecule is CN=C(NCCc1ccc(F)cc1F)NC1CCN(C2CCCC2)CC1.I. The topological polar surface area (TPSA) is 39.7 Å². The zero-order valence-corrected chi connectivity index (χ0v) is 18.3. The van der Waals surface area contributed by atoms with Crippen molar-refractivity contribution in [3.8, 4) is 0 Å². The molecule has 0 spiro atoms. The highest BCUT2D eigenvalue weighted by Gasteiger charge is 2.27. The van der Waals surface area contributed by atoms with E-state index in [0.717, 1.165) is 44.0 Å². The minimum atomic E-state index is -0.541. The van der Waals surface area contributed by atoms with Crippen LogP contribution >= 0.6 is 24.0 Å². The Morgan fingerprint density at radius 3 is 2.48 bits per heavy atom. The molecule has 1 aliphatic heterocycles. The van der Waals surface area contributed by atoms with E-state index in [1.54, 1.807) is 7.05 Å². The summed E-state index contributed by atoms with van der Waals surface area (Å²) in [7, 11) is 1.75. The van der Waals surface area contributed by atoms with E-state index in [0.29, 0.717) is 24.6 Å². The van der Waals surface area contributed by atoms with Crippen LogP contribution in [0.3, 0.4) is 0 Å². The van der Waals surface area contributed by atoms with Crippen LogP contribution in [0.2, 0.25) is 0 Å². The van der Waals surface area contributed by atoms with Crippen molar-refractivity contribution in [2.24, 2.45) is 4.99 Å². The second kappa shape index (κ2) is 11.1. The van der Waals surface area contributed by atoms with E-state index in [1.165, 1.54) is 37.8 Å². The summed E-state index contributed by atoms with van der Waals surface area (Å²) in [5, 5.41) is 6.72. The molecule has 1 saturated heterocycles. The standard InChI is InChI=1S/C20H30F2N4.HI/c1-23-20(24-11-8-15-6-7-16(21)14-19(15)22)25-17-9-12-26(13-10-17)18-4-2-3-5-18;/h6-7,14,17-18H,2-5,8-13H2,1H3,(H2,23,24,25);1H. The normalized spacial score (nSPS) is 19.7. The van der Waals surface area contributed by atoms with E-state index in [1.807, 2.05) is 0 Å². The summed E-state index contributed by atoms with van der Waals surface area (Å²) in [5.41, 5.74) is 0.513. The number of likely N-dealkylation sites (tertiary alicyclic amines) is 1. The van der Waals surface area contributed by atoms with Crippen LogP contribution in [-0.4, -0.2) is 49.6 Å². The lowest BCUT2D eigenvalue weighted by Gasteiger charge is -2.36. The third-order valence-electron chi connectivity index (χ3n) is 5.64. The number of hydrogen-bond donors (Lipinski definition) is 2. The Bertz CT molecular complexity index is 612. The molecule has 4 nitrogen and oxygen atoms in total. The van der Waals surface area contributed by atoms with Gasteiger partial charge < -0.3 is 15.5 Å². The van der Waals surface area contributed by atoms with Crippen LogP contribution in [0.15, 0.2) is 23.2 Å². The van der Waals surface area contributed by atoms with Crippen LogP contribution in [0.5, 0.6) is 0 Å². The van der Waals surface area contributed by atoms with Crippen LogP contribution in [0.25, 0.3) is 0 Å². The fourth-order valence-electron chi connectivity index (χ4n) is 4.11. The minimum absolute atomic E-state index is 0. The van der Waals surface area contributed by atoms with E-state index < -0.39 is 11.6 Å². The highest BCUT2D eigenvalue weighted by atomic mass is 127. The van der Waals surface area contributed by atoms with Crippen molar-refractivity contribution in [2.75, 3.05) is 26.7 Å². The molecule has 3 rings (SSSR count). The van der Waals surface area contributed by atoms with Gasteiger partial charge in [0.2, 0.25) is 0 Å². The predicted octanol–water partition coefficient (Wildman–Crippen LogP) is 3.70. The quantitative estimate of drug-likeness (QED) is 0.374. The molecule has 2 N–H and O–H groups in total. The molecule has 1 aromatic rings. The highest BCUT2D eigenvalue weighted by Crippen LogP contribution is 2.26. The molecule has 152 valence electrons. The molecule has 0 radical (unpaired) electrons. The average molecular weight is 492 g/mol. The molecule has 1 aromatic carbocycles. The number of halogens is 3. The first kappa shape index (κ1) is 22.3. The Kier molecular flexibility index (Phi) is 9.21. The van der Waals surface area contributed by atoms with Gasteiger partial charge in [-0.25, -0.2) is 8.78 Å². The zero-order valence-electron chi connectivity index (χ0n) is 16.0. The van der Waals surface area contributed by atoms with Gasteiger partial charge in [-0.3, -0.25) is 4.99 Å². The van der Waals surface area contributed by atoms with Crippen LogP contribution < -0.4 is 10.6 Å². The zero-order chi connectivity index (χ0) is 18.4. The largest absolute Gasteiger partial charge is 0.356 e. The van der Waals surface area contributed by atoms with Crippen molar-refractivity contribution < 1.29 is 8.78 Å². The van der Waals surface area contributed by atoms with Gasteiger partial charge >= 0.3 is 0 Å². The van der Waals surface area contributed by atoms with Crippen molar-refractivity contribution >= 4 is 29.9 Å². The first-order valence-electron chi connectivity index (χ1n) is 9.81. The van der Waals surface area contributed by atoms with Gasteiger partial charge in [0.1, 0.15) is 11.6 Å². The van der Waals surface area contributed by atoms with Crippen LogP contribution in [-0.2, 0) is 6.42 Å². The molecule has 1 saturated carbocycles. The van der Waals surface area contributed by atoms with Gasteiger partial charge in [0.05, 0.1) is 0 Å². The van der Waals surface area contributed by atoms with Gasteiger partial charge in [-0.15, -0.1) is 24.0 Å². The molecular weight excluding hydrogens is 461 g/mol. The fourth-order valence-corrected chi connectivity index (χ4v) is 4.11. The molecule has 7 heteroatoms. The van der Waals surface area contributed by atoms with E-state index in [9.17, 15) is 8.78 Å². The van der Waals surface area contributed by atoms with Crippen LogP contribution in [0.1, 0.15) is 44.1 Å². The Hall–Kier alpha value is -0.960. The van der Waals surface area contributed by atoms with E-state index in [4.69, 9.17) is 0 Å². The maximum atomic E-state index is 13.7. The molecule has 0 unspecified atom stereocenters. The lowest BCUT2D eigenvalue weighted by molar-refractivity contribution is 0.150. The number of nitrogens with one attached hydrogen (secondary N) is 2. The summed E-state index contributed by atoms with van der Waals surface area (Å²) < 4.78 is 26.6. The molecule has 2 aliphatic rings. The van der Waals surface area contributed by atoms with E-state index in [2.05, 4.69) is 20.5 Å². The molecule has 0 bridgehead atoms. The average Bonchev–Trinajstić information content (AvgIpc) is 3.18. The summed E-state index contributed by atoms with van der Waals surface area (Å²) in [6, 6.07) is 4.96. The molecule has 0 amide bonds. The van der Waals surface area contributed by atoms with Gasteiger partial charge in [-0.2, -0.15) is 0 Å². The maximum absolute atomic E-state index is 13.7. The summed E-state index contributed by atoms with van der Waals surface area (Å²) in [6.07, 6.45) is 8.24. The number of hydrogen-bond acceptors (Lipinski definition) is 2. The molecular formula is C20H31F2IN4. The predicted molar refractivity (Wildman–Crippen MR) is 117 cm³/mol. The second-order valence-electron chi connectivity index (χ2n) is 7.38. The summed E-state index contributed by atoms with van der Waals surface area (Å²) in [6.45, 7) is 2.86. The fraction of sp³-hybridized carbons (Fsp3) is 0.650. The third-order valence-corrected chi connectivity index (χ3v) is 5.64. The lowest BCUT2D eigenvalue weighted by Crippen LogP contribution is -2.50. The molecule has 0 aromatic heterocycles. The maximum Gasteiger partial charge on any atom is 0.191 e. The molecule has 1 heterocycles. The summed E-state index contributed by atoms with van der Waals surface area (Å²) in [4.78, 5) is 6.92. The van der Waals surface area contributed by atoms with Gasteiger partial charge in [-0.05, 0) is 43.7 Å². The molecule has 27 heavy (non-hydrogen) atoms. The van der Waals surface area contributed by atoms with E-state index >= 15 is 0 Å². The van der Waals surface area contributed by atoms with Crippen molar-refractivity contribution in [2.45, 2.75) is 57.0 Å². The van der Waals surface area contributed by atoms with Crippen molar-refractivity contribution in [3.05, 3.63) is 35.4 Å². The Balaban J connectivity index is 0.00000261. The van der Waals surface area contributed by atoms with Crippen molar-refractivity contribution in [3.63, 3.8) is 0 Å². The first-order valence-corrected chi connectivity index (χ1v) is 9.81. The van der Waals surface area contributed by atoms with Gasteiger partial charge in [0, 0.05) is 44.8 Å². The number of guanidine groups is 1. The summed E-state index contributed by atoms with van der Waals surface area (Å²) >= 11 is 0. The Labute approximate surface area is 178 Å². The van der Waals surface area contributed by atoms with E-state index in [-0.39, 0.29) is 24.0 Å². The van der Waals surface area contributed by atoms with Crippen molar-refractivity contribution in [1.82, 2.24) is 15.5 Å². The third kappa shape index (κ3) is 6.55. The lowest BCUT2D eigenvalue weighted by atomic mass is 10.0. The second-order valence-corrected chi connectivity index (χ2v) is 7.38. The van der Waals surface area contributed by atoms with Gasteiger partial charge in [-0.1, -0.05) is 18.9 Å². The Morgan fingerprint density at radius 1 is 1.15 bits per heavy atom. The van der Waals surface area contributed by atoms with Crippen molar-refractivity contribution in [1.29, 1.82) is 0 Å². The highest BCUT2D eigenvalue weighted by molar-refractivity contribution is 14.0. The number of rotatable bonds is 5.